The van der Waals surface area contributed by atoms with Crippen LogP contribution in [0.25, 0.3) is 0 Å². The van der Waals surface area contributed by atoms with Gasteiger partial charge in [-0.05, 0) is 42.5 Å². The maximum absolute atomic E-state index is 11.0. The fourth-order valence-corrected chi connectivity index (χ4v) is 2.68. The van der Waals surface area contributed by atoms with Gasteiger partial charge in [-0.15, -0.1) is 0 Å². The van der Waals surface area contributed by atoms with Crippen LogP contribution in [0.4, 0.5) is 0 Å². The molecule has 2 rings (SSSR count). The third kappa shape index (κ3) is 4.74. The zero-order valence-electron chi connectivity index (χ0n) is 9.03. The summed E-state index contributed by atoms with van der Waals surface area (Å²) in [7, 11) is 1.63. The molecule has 0 unspecified atom stereocenters. The minimum atomic E-state index is -3.57. The molecule has 0 bridgehead atoms. The average molecular weight is 295 g/mol. The van der Waals surface area contributed by atoms with E-state index in [-0.39, 0.29) is 5.75 Å². The number of halogens is 2. The second-order valence-electron chi connectivity index (χ2n) is 4.23. The van der Waals surface area contributed by atoms with Crippen molar-refractivity contribution < 1.29 is 13.2 Å². The first kappa shape index (κ1) is 13.0. The number of hydrogen-bond acceptors (Lipinski definition) is 3. The Hall–Kier alpha value is -0.450. The molecule has 0 atom stereocenters. The first-order chi connectivity index (χ1) is 7.92. The molecule has 0 heterocycles. The van der Waals surface area contributed by atoms with Crippen LogP contribution in [0.1, 0.15) is 18.4 Å². The van der Waals surface area contributed by atoms with Crippen molar-refractivity contribution in [1.29, 1.82) is 0 Å². The highest BCUT2D eigenvalue weighted by molar-refractivity contribution is 8.13. The molecule has 1 aliphatic carbocycles. The summed E-state index contributed by atoms with van der Waals surface area (Å²) in [5, 5.41) is 0.452. The standard InChI is InChI=1S/C11H12Cl2O3S/c12-10-3-9(7-17(13,14)15)4-11(5-10)16-6-8-1-2-8/h3-5,8H,1-2,6-7H2. The van der Waals surface area contributed by atoms with E-state index in [1.807, 2.05) is 0 Å². The quantitative estimate of drug-likeness (QED) is 0.783. The topological polar surface area (TPSA) is 43.4 Å². The Morgan fingerprint density at radius 2 is 2.00 bits per heavy atom. The molecule has 1 saturated carbocycles. The smallest absolute Gasteiger partial charge is 0.236 e. The first-order valence-corrected chi connectivity index (χ1v) is 8.12. The molecular formula is C11H12Cl2O3S. The predicted molar refractivity (Wildman–Crippen MR) is 68.1 cm³/mol. The van der Waals surface area contributed by atoms with Gasteiger partial charge in [0.1, 0.15) is 5.75 Å². The number of hydrogen-bond donors (Lipinski definition) is 0. The average Bonchev–Trinajstić information content (AvgIpc) is 2.94. The van der Waals surface area contributed by atoms with Crippen molar-refractivity contribution in [3.8, 4) is 5.75 Å². The first-order valence-electron chi connectivity index (χ1n) is 5.27. The highest BCUT2D eigenvalue weighted by Gasteiger charge is 2.22. The summed E-state index contributed by atoms with van der Waals surface area (Å²) < 4.78 is 27.5. The van der Waals surface area contributed by atoms with Crippen LogP contribution in [0.3, 0.4) is 0 Å². The van der Waals surface area contributed by atoms with Crippen LogP contribution in [0.15, 0.2) is 18.2 Å². The summed E-state index contributed by atoms with van der Waals surface area (Å²) >= 11 is 5.89. The van der Waals surface area contributed by atoms with E-state index >= 15 is 0 Å². The molecule has 0 N–H and O–H groups in total. The monoisotopic (exact) mass is 294 g/mol. The molecule has 3 nitrogen and oxygen atoms in total. The van der Waals surface area contributed by atoms with Gasteiger partial charge in [0.05, 0.1) is 12.4 Å². The van der Waals surface area contributed by atoms with Gasteiger partial charge in [0.25, 0.3) is 0 Å². The van der Waals surface area contributed by atoms with E-state index < -0.39 is 9.05 Å². The van der Waals surface area contributed by atoms with Crippen molar-refractivity contribution >= 4 is 31.3 Å². The lowest BCUT2D eigenvalue weighted by Gasteiger charge is -2.07. The van der Waals surface area contributed by atoms with E-state index in [1.165, 1.54) is 12.8 Å². The number of ether oxygens (including phenoxy) is 1. The van der Waals surface area contributed by atoms with E-state index in [0.29, 0.717) is 28.9 Å². The van der Waals surface area contributed by atoms with Crippen molar-refractivity contribution in [2.24, 2.45) is 5.92 Å². The molecule has 1 aromatic rings. The van der Waals surface area contributed by atoms with Crippen molar-refractivity contribution in [2.75, 3.05) is 6.61 Å². The molecular weight excluding hydrogens is 283 g/mol. The van der Waals surface area contributed by atoms with E-state index in [2.05, 4.69) is 0 Å². The van der Waals surface area contributed by atoms with Gasteiger partial charge in [0.2, 0.25) is 9.05 Å². The van der Waals surface area contributed by atoms with Crippen molar-refractivity contribution in [1.82, 2.24) is 0 Å². The molecule has 0 aliphatic heterocycles. The van der Waals surface area contributed by atoms with E-state index in [1.54, 1.807) is 18.2 Å². The highest BCUT2D eigenvalue weighted by Crippen LogP contribution is 2.30. The largest absolute Gasteiger partial charge is 0.493 e. The third-order valence-electron chi connectivity index (χ3n) is 2.45. The maximum atomic E-state index is 11.0. The second kappa shape index (κ2) is 5.04. The summed E-state index contributed by atoms with van der Waals surface area (Å²) in [6.07, 6.45) is 2.40. The van der Waals surface area contributed by atoms with Gasteiger partial charge in [0, 0.05) is 15.7 Å². The van der Waals surface area contributed by atoms with Crippen LogP contribution < -0.4 is 4.74 Å². The predicted octanol–water partition coefficient (Wildman–Crippen LogP) is 3.20. The molecule has 17 heavy (non-hydrogen) atoms. The van der Waals surface area contributed by atoms with Gasteiger partial charge in [-0.25, -0.2) is 8.42 Å². The lowest BCUT2D eigenvalue weighted by Crippen LogP contribution is -2.01. The SMILES string of the molecule is O=S(=O)(Cl)Cc1cc(Cl)cc(OCC2CC2)c1. The summed E-state index contributed by atoms with van der Waals surface area (Å²) in [4.78, 5) is 0. The summed E-state index contributed by atoms with van der Waals surface area (Å²) in [6.45, 7) is 0.660. The molecule has 0 spiro atoms. The lowest BCUT2D eigenvalue weighted by atomic mass is 10.2. The Balaban J connectivity index is 2.10. The molecule has 1 aromatic carbocycles. The molecule has 1 aliphatic rings. The normalized spacial score (nSPS) is 15.9. The Labute approximate surface area is 110 Å². The lowest BCUT2D eigenvalue weighted by molar-refractivity contribution is 0.299. The fourth-order valence-electron chi connectivity index (χ4n) is 1.49. The molecule has 0 amide bonds. The van der Waals surface area contributed by atoms with Crippen molar-refractivity contribution in [3.05, 3.63) is 28.8 Å². The molecule has 1 fully saturated rings. The Morgan fingerprint density at radius 3 is 2.59 bits per heavy atom. The van der Waals surface area contributed by atoms with E-state index in [9.17, 15) is 8.42 Å². The summed E-state index contributed by atoms with van der Waals surface area (Å²) in [5.41, 5.74) is 0.540. The van der Waals surface area contributed by atoms with Gasteiger partial charge >= 0.3 is 0 Å². The Morgan fingerprint density at radius 1 is 1.29 bits per heavy atom. The van der Waals surface area contributed by atoms with Crippen LogP contribution in [-0.2, 0) is 14.8 Å². The molecule has 6 heteroatoms. The Bertz CT molecular complexity index is 509. The fraction of sp³-hybridized carbons (Fsp3) is 0.455. The van der Waals surface area contributed by atoms with Crippen LogP contribution in [-0.4, -0.2) is 15.0 Å². The second-order valence-corrected chi connectivity index (χ2v) is 7.45. The molecule has 0 aromatic heterocycles. The number of benzene rings is 1. The zero-order valence-corrected chi connectivity index (χ0v) is 11.4. The molecule has 94 valence electrons. The van der Waals surface area contributed by atoms with E-state index in [0.717, 1.165) is 0 Å². The van der Waals surface area contributed by atoms with Gasteiger partial charge in [-0.2, -0.15) is 0 Å². The minimum absolute atomic E-state index is 0.241. The minimum Gasteiger partial charge on any atom is -0.493 e. The van der Waals surface area contributed by atoms with Gasteiger partial charge in [-0.1, -0.05) is 11.6 Å². The van der Waals surface area contributed by atoms with Crippen LogP contribution in [0, 0.1) is 5.92 Å². The highest BCUT2D eigenvalue weighted by atomic mass is 35.7. The van der Waals surface area contributed by atoms with Crippen LogP contribution in [0.2, 0.25) is 5.02 Å². The molecule has 0 radical (unpaired) electrons. The maximum Gasteiger partial charge on any atom is 0.236 e. The van der Waals surface area contributed by atoms with Gasteiger partial charge < -0.3 is 4.74 Å². The number of rotatable bonds is 5. The van der Waals surface area contributed by atoms with Crippen LogP contribution in [0.5, 0.6) is 5.75 Å². The van der Waals surface area contributed by atoms with Crippen molar-refractivity contribution in [2.45, 2.75) is 18.6 Å². The van der Waals surface area contributed by atoms with Gasteiger partial charge in [-0.3, -0.25) is 0 Å². The van der Waals surface area contributed by atoms with E-state index in [4.69, 9.17) is 27.0 Å². The van der Waals surface area contributed by atoms with Gasteiger partial charge in [0.15, 0.2) is 0 Å². The van der Waals surface area contributed by atoms with Crippen LogP contribution >= 0.6 is 22.3 Å². The summed E-state index contributed by atoms with van der Waals surface area (Å²) in [6, 6.07) is 4.91. The third-order valence-corrected chi connectivity index (χ3v) is 3.68. The van der Waals surface area contributed by atoms with Crippen molar-refractivity contribution in [3.63, 3.8) is 0 Å². The summed E-state index contributed by atoms with van der Waals surface area (Å²) in [5.74, 6) is 0.989. The zero-order chi connectivity index (χ0) is 12.5. The molecule has 0 saturated heterocycles. The Kier molecular flexibility index (Phi) is 3.85.